The topological polar surface area (TPSA) is 21.1 Å². The molecule has 1 aliphatic rings. The summed E-state index contributed by atoms with van der Waals surface area (Å²) < 4.78 is 2.31. The van der Waals surface area contributed by atoms with Gasteiger partial charge in [-0.2, -0.15) is 0 Å². The Morgan fingerprint density at radius 2 is 1.86 bits per heavy atom. The standard InChI is InChI=1S/C17H16N3.Ir/c1-17(2)19(3)14-10-6-4-8-12(14)16-18-13-9-5-7-11-15(13)20(16)17;/h4-7,9-11H,1-3H3;/q-1;. The number of fused-ring (bicyclic) bond motifs is 5. The zero-order chi connectivity index (χ0) is 13.9. The van der Waals surface area contributed by atoms with E-state index < -0.39 is 0 Å². The Hall–Kier alpha value is -1.64. The fourth-order valence-corrected chi connectivity index (χ4v) is 3.08. The Morgan fingerprint density at radius 1 is 1.10 bits per heavy atom. The molecule has 0 spiro atoms. The number of anilines is 1. The average molecular weight is 455 g/mol. The predicted molar refractivity (Wildman–Crippen MR) is 81.7 cm³/mol. The summed E-state index contributed by atoms with van der Waals surface area (Å²) in [6.45, 7) is 4.45. The van der Waals surface area contributed by atoms with Crippen LogP contribution in [0, 0.1) is 6.07 Å². The van der Waals surface area contributed by atoms with E-state index in [1.807, 2.05) is 18.2 Å². The van der Waals surface area contributed by atoms with Crippen LogP contribution in [0.1, 0.15) is 13.8 Å². The monoisotopic (exact) mass is 455 g/mol. The number of hydrogen-bond donors (Lipinski definition) is 0. The molecule has 2 aromatic carbocycles. The smallest absolute Gasteiger partial charge is 0.0966 e. The summed E-state index contributed by atoms with van der Waals surface area (Å²) in [5, 5.41) is 0. The number of nitrogens with zero attached hydrogens (tertiary/aromatic N) is 3. The van der Waals surface area contributed by atoms with Crippen molar-refractivity contribution >= 4 is 16.7 Å². The molecule has 0 amide bonds. The number of hydrogen-bond acceptors (Lipinski definition) is 2. The normalized spacial score (nSPS) is 15.3. The molecule has 0 atom stereocenters. The summed E-state index contributed by atoms with van der Waals surface area (Å²) in [4.78, 5) is 7.12. The first-order valence-corrected chi connectivity index (χ1v) is 6.83. The van der Waals surface area contributed by atoms with Gasteiger partial charge in [-0.15, -0.1) is 24.3 Å². The van der Waals surface area contributed by atoms with Gasteiger partial charge in [0.15, 0.2) is 0 Å². The maximum absolute atomic E-state index is 4.83. The molecule has 0 fully saturated rings. The maximum Gasteiger partial charge on any atom is 0.0966 e. The minimum absolute atomic E-state index is 0. The molecule has 2 heterocycles. The summed E-state index contributed by atoms with van der Waals surface area (Å²) >= 11 is 0. The van der Waals surface area contributed by atoms with Crippen LogP contribution in [0.3, 0.4) is 0 Å². The van der Waals surface area contributed by atoms with Gasteiger partial charge in [-0.1, -0.05) is 17.7 Å². The Balaban J connectivity index is 0.00000132. The second-order valence-electron chi connectivity index (χ2n) is 5.74. The van der Waals surface area contributed by atoms with Gasteiger partial charge in [-0.3, -0.25) is 4.98 Å². The van der Waals surface area contributed by atoms with Gasteiger partial charge in [0, 0.05) is 20.1 Å². The third-order valence-corrected chi connectivity index (χ3v) is 4.35. The summed E-state index contributed by atoms with van der Waals surface area (Å²) in [6, 6.07) is 17.8. The molecule has 4 heteroatoms. The molecule has 0 N–H and O–H groups in total. The van der Waals surface area contributed by atoms with Crippen LogP contribution in [0.2, 0.25) is 0 Å². The van der Waals surface area contributed by atoms with Gasteiger partial charge in [-0.25, -0.2) is 0 Å². The maximum atomic E-state index is 4.83. The molecule has 21 heavy (non-hydrogen) atoms. The molecule has 1 aromatic heterocycles. The zero-order valence-corrected chi connectivity index (χ0v) is 14.6. The number of para-hydroxylation sites is 2. The van der Waals surface area contributed by atoms with E-state index in [0.29, 0.717) is 0 Å². The van der Waals surface area contributed by atoms with E-state index >= 15 is 0 Å². The van der Waals surface area contributed by atoms with Crippen molar-refractivity contribution in [3.05, 3.63) is 48.5 Å². The SMILES string of the molecule is CN1c2ccc[c-]c2-c2nc3ccccc3n2C1(C)C.[Ir]. The van der Waals surface area contributed by atoms with Crippen LogP contribution in [0.4, 0.5) is 5.69 Å². The van der Waals surface area contributed by atoms with Crippen molar-refractivity contribution in [2.75, 3.05) is 11.9 Å². The van der Waals surface area contributed by atoms with Crippen molar-refractivity contribution in [1.82, 2.24) is 9.55 Å². The van der Waals surface area contributed by atoms with Crippen molar-refractivity contribution < 1.29 is 20.1 Å². The van der Waals surface area contributed by atoms with E-state index in [4.69, 9.17) is 4.98 Å². The summed E-state index contributed by atoms with van der Waals surface area (Å²) in [5.74, 6) is 1.00. The van der Waals surface area contributed by atoms with Crippen LogP contribution in [0.15, 0.2) is 42.5 Å². The van der Waals surface area contributed by atoms with E-state index in [0.717, 1.165) is 16.9 Å². The van der Waals surface area contributed by atoms with Crippen LogP contribution in [0.25, 0.3) is 22.4 Å². The third-order valence-electron chi connectivity index (χ3n) is 4.35. The molecule has 0 unspecified atom stereocenters. The number of aromatic nitrogens is 2. The van der Waals surface area contributed by atoms with Gasteiger partial charge in [-0.05, 0) is 38.7 Å². The van der Waals surface area contributed by atoms with Crippen LogP contribution >= 0.6 is 0 Å². The molecule has 0 saturated carbocycles. The molecule has 0 bridgehead atoms. The summed E-state index contributed by atoms with van der Waals surface area (Å²) in [7, 11) is 2.13. The van der Waals surface area contributed by atoms with Crippen LogP contribution in [-0.2, 0) is 25.8 Å². The first-order valence-electron chi connectivity index (χ1n) is 6.83. The molecular formula is C17H16IrN3-. The van der Waals surface area contributed by atoms with Gasteiger partial charge < -0.3 is 9.47 Å². The minimum Gasteiger partial charge on any atom is -0.393 e. The molecular weight excluding hydrogens is 438 g/mol. The first-order chi connectivity index (χ1) is 9.60. The Morgan fingerprint density at radius 3 is 2.67 bits per heavy atom. The molecule has 1 aliphatic heterocycles. The minimum atomic E-state index is -0.159. The molecule has 1 radical (unpaired) electrons. The van der Waals surface area contributed by atoms with Gasteiger partial charge in [0.05, 0.1) is 22.5 Å². The molecule has 4 rings (SSSR count). The van der Waals surface area contributed by atoms with Gasteiger partial charge in [0.1, 0.15) is 0 Å². The number of imidazole rings is 1. The first kappa shape index (κ1) is 14.3. The van der Waals surface area contributed by atoms with Crippen molar-refractivity contribution in [3.63, 3.8) is 0 Å². The summed E-state index contributed by atoms with van der Waals surface area (Å²) in [5.41, 5.74) is 4.30. The molecule has 109 valence electrons. The van der Waals surface area contributed by atoms with Gasteiger partial charge in [0.25, 0.3) is 0 Å². The summed E-state index contributed by atoms with van der Waals surface area (Å²) in [6.07, 6.45) is 0. The molecule has 3 aromatic rings. The van der Waals surface area contributed by atoms with Crippen LogP contribution in [-0.4, -0.2) is 16.6 Å². The van der Waals surface area contributed by atoms with E-state index in [2.05, 4.69) is 60.7 Å². The fourth-order valence-electron chi connectivity index (χ4n) is 3.08. The van der Waals surface area contributed by atoms with Crippen molar-refractivity contribution in [2.24, 2.45) is 0 Å². The van der Waals surface area contributed by atoms with Crippen LogP contribution < -0.4 is 4.90 Å². The second kappa shape index (κ2) is 4.69. The van der Waals surface area contributed by atoms with Crippen molar-refractivity contribution in [1.29, 1.82) is 0 Å². The molecule has 3 nitrogen and oxygen atoms in total. The Kier molecular flexibility index (Phi) is 3.19. The Labute approximate surface area is 138 Å². The number of rotatable bonds is 0. The van der Waals surface area contributed by atoms with Gasteiger partial charge in [0.2, 0.25) is 0 Å². The Bertz CT molecular complexity index is 820. The molecule has 0 aliphatic carbocycles. The average Bonchev–Trinajstić information content (AvgIpc) is 2.85. The van der Waals surface area contributed by atoms with Crippen LogP contribution in [0.5, 0.6) is 0 Å². The predicted octanol–water partition coefficient (Wildman–Crippen LogP) is 3.64. The number of benzene rings is 2. The zero-order valence-electron chi connectivity index (χ0n) is 12.2. The largest absolute Gasteiger partial charge is 0.393 e. The van der Waals surface area contributed by atoms with Gasteiger partial charge >= 0.3 is 0 Å². The second-order valence-corrected chi connectivity index (χ2v) is 5.74. The van der Waals surface area contributed by atoms with E-state index in [1.54, 1.807) is 0 Å². The quantitative estimate of drug-likeness (QED) is 0.484. The fraction of sp³-hybridized carbons (Fsp3) is 0.235. The third kappa shape index (κ3) is 1.79. The van der Waals surface area contributed by atoms with E-state index in [-0.39, 0.29) is 25.8 Å². The van der Waals surface area contributed by atoms with Crippen molar-refractivity contribution in [2.45, 2.75) is 19.5 Å². The van der Waals surface area contributed by atoms with E-state index in [9.17, 15) is 0 Å². The molecule has 0 saturated heterocycles. The van der Waals surface area contributed by atoms with E-state index in [1.165, 1.54) is 11.2 Å². The van der Waals surface area contributed by atoms with Crippen molar-refractivity contribution in [3.8, 4) is 11.4 Å².